The van der Waals surface area contributed by atoms with Gasteiger partial charge in [0.25, 0.3) is 0 Å². The minimum absolute atomic E-state index is 0.0199. The molecule has 2 saturated heterocycles. The molecule has 0 bridgehead atoms. The number of hydrogen-bond donors (Lipinski definition) is 4. The van der Waals surface area contributed by atoms with Gasteiger partial charge in [-0.2, -0.15) is 0 Å². The van der Waals surface area contributed by atoms with E-state index in [4.69, 9.17) is 4.42 Å². The first-order chi connectivity index (χ1) is 28.5. The van der Waals surface area contributed by atoms with E-state index in [0.29, 0.717) is 62.0 Å². The highest BCUT2D eigenvalue weighted by Gasteiger charge is 2.35. The zero-order chi connectivity index (χ0) is 41.5. The summed E-state index contributed by atoms with van der Waals surface area (Å²) < 4.78 is 6.07. The number of hydrogen-bond acceptors (Lipinski definition) is 8. The van der Waals surface area contributed by atoms with Crippen LogP contribution < -0.4 is 21.3 Å². The summed E-state index contributed by atoms with van der Waals surface area (Å²) in [6.07, 6.45) is 2.99. The number of likely N-dealkylation sites (tertiary alicyclic amines) is 2. The molecule has 7 rings (SSSR count). The lowest BCUT2D eigenvalue weighted by Crippen LogP contribution is -2.43. The van der Waals surface area contributed by atoms with Crippen molar-refractivity contribution in [3.8, 4) is 22.8 Å². The number of oxazole rings is 1. The first kappa shape index (κ1) is 40.7. The van der Waals surface area contributed by atoms with Gasteiger partial charge in [-0.1, -0.05) is 60.7 Å². The number of carbonyl (C=O) groups is 4. The molecule has 2 aliphatic heterocycles. The molecule has 3 heterocycles. The molecule has 0 spiro atoms. The van der Waals surface area contributed by atoms with Crippen molar-refractivity contribution >= 4 is 35.3 Å². The van der Waals surface area contributed by atoms with Crippen molar-refractivity contribution < 1.29 is 23.6 Å². The Morgan fingerprint density at radius 2 is 1.03 bits per heavy atom. The number of likely N-dealkylation sites (N-methyl/N-ethyl adjacent to an activating group) is 2. The number of aromatic nitrogens is 1. The average Bonchev–Trinajstić information content (AvgIpc) is 4.02. The van der Waals surface area contributed by atoms with Crippen LogP contribution in [0.25, 0.3) is 22.8 Å². The van der Waals surface area contributed by atoms with E-state index >= 15 is 0 Å². The number of carbonyl (C=O) groups excluding carboxylic acids is 4. The Hall–Kier alpha value is -6.51. The summed E-state index contributed by atoms with van der Waals surface area (Å²) in [5, 5.41) is 11.8. The molecule has 4 atom stereocenters. The van der Waals surface area contributed by atoms with Crippen LogP contribution in [-0.4, -0.2) is 115 Å². The van der Waals surface area contributed by atoms with E-state index in [0.717, 1.165) is 22.3 Å². The van der Waals surface area contributed by atoms with Gasteiger partial charge in [0.05, 0.1) is 6.20 Å². The van der Waals surface area contributed by atoms with Crippen molar-refractivity contribution in [1.82, 2.24) is 35.2 Å². The van der Waals surface area contributed by atoms with Gasteiger partial charge in [0.2, 0.25) is 17.7 Å². The summed E-state index contributed by atoms with van der Waals surface area (Å²) in [7, 11) is 7.59. The molecule has 14 nitrogen and oxygen atoms in total. The first-order valence-corrected chi connectivity index (χ1v) is 19.8. The Bertz CT molecular complexity index is 2060. The Morgan fingerprint density at radius 1 is 0.610 bits per heavy atom. The lowest BCUT2D eigenvalue weighted by atomic mass is 10.0. The largest absolute Gasteiger partial charge is 0.436 e. The van der Waals surface area contributed by atoms with Crippen LogP contribution >= 0.6 is 0 Å². The number of anilines is 2. The number of rotatable bonds is 12. The molecule has 0 radical (unpaired) electrons. The third-order valence-corrected chi connectivity index (χ3v) is 10.7. The molecule has 0 saturated carbocycles. The molecule has 2 aliphatic rings. The third kappa shape index (κ3) is 9.97. The van der Waals surface area contributed by atoms with Crippen LogP contribution in [0.2, 0.25) is 0 Å². The van der Waals surface area contributed by atoms with Crippen LogP contribution in [0.5, 0.6) is 0 Å². The summed E-state index contributed by atoms with van der Waals surface area (Å²) >= 11 is 0. The van der Waals surface area contributed by atoms with Gasteiger partial charge in [-0.05, 0) is 101 Å². The number of nitrogens with one attached hydrogen (secondary N) is 4. The molecular weight excluding hydrogens is 747 g/mol. The van der Waals surface area contributed by atoms with Crippen molar-refractivity contribution in [3.63, 3.8) is 0 Å². The smallest absolute Gasteiger partial charge is 0.319 e. The van der Waals surface area contributed by atoms with Gasteiger partial charge in [0.1, 0.15) is 12.1 Å². The second kappa shape index (κ2) is 18.4. The van der Waals surface area contributed by atoms with Crippen LogP contribution in [0, 0.1) is 0 Å². The molecule has 2 fully saturated rings. The van der Waals surface area contributed by atoms with Gasteiger partial charge >= 0.3 is 12.1 Å². The van der Waals surface area contributed by atoms with Crippen LogP contribution in [0.4, 0.5) is 21.0 Å². The summed E-state index contributed by atoms with van der Waals surface area (Å²) in [5.41, 5.74) is 4.61. The van der Waals surface area contributed by atoms with Crippen molar-refractivity contribution in [1.29, 1.82) is 0 Å². The summed E-state index contributed by atoms with van der Waals surface area (Å²) in [6.45, 7) is 2.04. The van der Waals surface area contributed by atoms with E-state index in [1.807, 2.05) is 133 Å². The SMILES string of the molecule is CN(C)[C@@H](C(=O)N1CC[C@@H](NC(=O)Nc2ccc(-c3cnc(-c4ccc(NC(=O)N[C@@H]5CCN(C(=O)[C@@H](c6ccccc6)N(C)C)C5)cc4)o3)cc2)C1)c1ccccc1. The molecular formula is C45H51N9O5. The zero-order valence-corrected chi connectivity index (χ0v) is 33.8. The van der Waals surface area contributed by atoms with Crippen molar-refractivity contribution in [2.45, 2.75) is 37.0 Å². The normalized spacial score (nSPS) is 17.5. The van der Waals surface area contributed by atoms with Gasteiger partial charge in [-0.25, -0.2) is 14.6 Å². The molecule has 6 amide bonds. The Morgan fingerprint density at radius 3 is 1.46 bits per heavy atom. The number of amides is 6. The molecule has 14 heteroatoms. The molecule has 1 aromatic heterocycles. The predicted octanol–water partition coefficient (Wildman–Crippen LogP) is 6.06. The minimum Gasteiger partial charge on any atom is -0.436 e. The summed E-state index contributed by atoms with van der Waals surface area (Å²) in [6, 6.07) is 32.1. The van der Waals surface area contributed by atoms with E-state index in [1.165, 1.54) is 0 Å². The maximum absolute atomic E-state index is 13.4. The highest BCUT2D eigenvalue weighted by molar-refractivity contribution is 5.91. The van der Waals surface area contributed by atoms with Gasteiger partial charge in [0.15, 0.2) is 5.76 Å². The van der Waals surface area contributed by atoms with Crippen LogP contribution in [0.3, 0.4) is 0 Å². The van der Waals surface area contributed by atoms with E-state index in [9.17, 15) is 19.2 Å². The maximum atomic E-state index is 13.4. The van der Waals surface area contributed by atoms with E-state index in [-0.39, 0.29) is 48.0 Å². The van der Waals surface area contributed by atoms with Gasteiger partial charge < -0.3 is 35.5 Å². The minimum atomic E-state index is -0.386. The third-order valence-electron chi connectivity index (χ3n) is 10.7. The molecule has 5 aromatic rings. The van der Waals surface area contributed by atoms with Crippen molar-refractivity contribution in [2.75, 3.05) is 65.0 Å². The predicted molar refractivity (Wildman–Crippen MR) is 227 cm³/mol. The van der Waals surface area contributed by atoms with Gasteiger partial charge in [0, 0.05) is 60.8 Å². The van der Waals surface area contributed by atoms with Crippen molar-refractivity contribution in [3.05, 3.63) is 127 Å². The molecule has 0 aliphatic carbocycles. The van der Waals surface area contributed by atoms with Gasteiger partial charge in [-0.15, -0.1) is 0 Å². The van der Waals surface area contributed by atoms with E-state index in [2.05, 4.69) is 26.3 Å². The molecule has 4 aromatic carbocycles. The first-order valence-electron chi connectivity index (χ1n) is 19.8. The molecule has 4 N–H and O–H groups in total. The quantitative estimate of drug-likeness (QED) is 0.119. The highest BCUT2D eigenvalue weighted by atomic mass is 16.4. The monoisotopic (exact) mass is 797 g/mol. The van der Waals surface area contributed by atoms with E-state index in [1.54, 1.807) is 30.5 Å². The Kier molecular flexibility index (Phi) is 12.7. The summed E-state index contributed by atoms with van der Waals surface area (Å²) in [4.78, 5) is 64.6. The van der Waals surface area contributed by atoms with Crippen LogP contribution in [0.1, 0.15) is 36.1 Å². The standard InChI is InChI=1S/C45H51N9O5/c1-51(2)39(31-11-7-5-8-12-31)42(55)53-25-23-36(28-53)49-44(57)47-34-19-15-30(16-20-34)38-27-46-41(59-38)33-17-21-35(22-18-33)48-45(58)50-37-24-26-54(29-37)43(56)40(52(3)4)32-13-9-6-10-14-32/h5-22,27,36-37,39-40H,23-26,28-29H2,1-4H3,(H2,47,49,57)(H2,48,50,58)/t36-,37-,39-,40-/m1/s1. The zero-order valence-electron chi connectivity index (χ0n) is 33.8. The summed E-state index contributed by atoms with van der Waals surface area (Å²) in [5.74, 6) is 1.02. The Labute approximate surface area is 344 Å². The second-order valence-electron chi connectivity index (χ2n) is 15.5. The number of urea groups is 2. The maximum Gasteiger partial charge on any atom is 0.319 e. The number of nitrogens with zero attached hydrogens (tertiary/aromatic N) is 5. The fourth-order valence-corrected chi connectivity index (χ4v) is 7.76. The van der Waals surface area contributed by atoms with Gasteiger partial charge in [-0.3, -0.25) is 19.4 Å². The number of benzene rings is 4. The lowest BCUT2D eigenvalue weighted by Gasteiger charge is -2.28. The second-order valence-corrected chi connectivity index (χ2v) is 15.5. The van der Waals surface area contributed by atoms with Crippen molar-refractivity contribution in [2.24, 2.45) is 0 Å². The lowest BCUT2D eigenvalue weighted by molar-refractivity contribution is -0.136. The highest BCUT2D eigenvalue weighted by Crippen LogP contribution is 2.29. The molecule has 0 unspecified atom stereocenters. The molecule has 306 valence electrons. The molecule has 59 heavy (non-hydrogen) atoms. The van der Waals surface area contributed by atoms with Crippen LogP contribution in [-0.2, 0) is 9.59 Å². The fraction of sp³-hybridized carbons (Fsp3) is 0.311. The fourth-order valence-electron chi connectivity index (χ4n) is 7.76. The Balaban J connectivity index is 0.861. The average molecular weight is 798 g/mol. The van der Waals surface area contributed by atoms with Crippen LogP contribution in [0.15, 0.2) is 120 Å². The topological polar surface area (TPSA) is 155 Å². The van der Waals surface area contributed by atoms with E-state index < -0.39 is 0 Å².